The van der Waals surface area contributed by atoms with Crippen LogP contribution in [-0.4, -0.2) is 30.7 Å². The van der Waals surface area contributed by atoms with Crippen molar-refractivity contribution in [3.05, 3.63) is 66.2 Å². The molecule has 0 atom stereocenters. The number of H-pyrrole nitrogens is 1. The zero-order chi connectivity index (χ0) is 16.5. The zero-order valence-corrected chi connectivity index (χ0v) is 12.9. The molecular weight excluding hydrogens is 304 g/mol. The van der Waals surface area contributed by atoms with Gasteiger partial charge in [0.2, 0.25) is 0 Å². The molecular formula is C17H14N6O. The molecule has 0 fully saturated rings. The number of aryl methyl sites for hydroxylation is 1. The van der Waals surface area contributed by atoms with Gasteiger partial charge in [0.1, 0.15) is 11.3 Å². The van der Waals surface area contributed by atoms with Gasteiger partial charge in [0.25, 0.3) is 5.91 Å². The van der Waals surface area contributed by atoms with Crippen LogP contribution in [0.15, 0.2) is 55.0 Å². The second-order valence-corrected chi connectivity index (χ2v) is 5.34. The van der Waals surface area contributed by atoms with Crippen molar-refractivity contribution in [3.63, 3.8) is 0 Å². The molecule has 1 aromatic carbocycles. The van der Waals surface area contributed by atoms with E-state index in [0.29, 0.717) is 22.6 Å². The number of carbonyl (C=O) groups excluding carboxylic acids is 1. The molecule has 7 nitrogen and oxygen atoms in total. The van der Waals surface area contributed by atoms with Gasteiger partial charge in [-0.1, -0.05) is 30.3 Å². The quantitative estimate of drug-likeness (QED) is 0.608. The summed E-state index contributed by atoms with van der Waals surface area (Å²) in [5.74, 6) is -0.273. The van der Waals surface area contributed by atoms with Crippen molar-refractivity contribution in [2.24, 2.45) is 0 Å². The van der Waals surface area contributed by atoms with Crippen LogP contribution in [0, 0.1) is 6.92 Å². The number of hydrogen-bond acceptors (Lipinski definition) is 4. The predicted octanol–water partition coefficient (Wildman–Crippen LogP) is 2.68. The van der Waals surface area contributed by atoms with E-state index in [9.17, 15) is 4.79 Å². The number of amides is 1. The smallest absolute Gasteiger partial charge is 0.261 e. The average molecular weight is 318 g/mol. The fourth-order valence-corrected chi connectivity index (χ4v) is 2.56. The summed E-state index contributed by atoms with van der Waals surface area (Å²) in [6.07, 6.45) is 4.89. The number of aromatic amines is 1. The number of anilines is 1. The van der Waals surface area contributed by atoms with Gasteiger partial charge in [0.15, 0.2) is 5.65 Å². The molecule has 2 N–H and O–H groups in total. The van der Waals surface area contributed by atoms with Gasteiger partial charge in [-0.25, -0.2) is 9.50 Å². The van der Waals surface area contributed by atoms with Crippen LogP contribution in [0.1, 0.15) is 16.1 Å². The van der Waals surface area contributed by atoms with E-state index in [4.69, 9.17) is 0 Å². The summed E-state index contributed by atoms with van der Waals surface area (Å²) >= 11 is 0. The summed E-state index contributed by atoms with van der Waals surface area (Å²) in [5.41, 5.74) is 3.99. The maximum Gasteiger partial charge on any atom is 0.261 e. The SMILES string of the molecule is Cc1[nH]nc(-c2ccccc2)c1NC(=O)c1cnn2cccnc12. The highest BCUT2D eigenvalue weighted by Gasteiger charge is 2.19. The van der Waals surface area contributed by atoms with Crippen LogP contribution in [0.3, 0.4) is 0 Å². The topological polar surface area (TPSA) is 88.0 Å². The van der Waals surface area contributed by atoms with E-state index >= 15 is 0 Å². The van der Waals surface area contributed by atoms with Gasteiger partial charge in [0.05, 0.1) is 17.6 Å². The van der Waals surface area contributed by atoms with E-state index in [1.54, 1.807) is 23.0 Å². The van der Waals surface area contributed by atoms with E-state index in [2.05, 4.69) is 25.6 Å². The van der Waals surface area contributed by atoms with E-state index < -0.39 is 0 Å². The Morgan fingerprint density at radius 2 is 2.04 bits per heavy atom. The largest absolute Gasteiger partial charge is 0.318 e. The molecule has 7 heteroatoms. The normalized spacial score (nSPS) is 10.9. The first-order valence-corrected chi connectivity index (χ1v) is 7.44. The Morgan fingerprint density at radius 1 is 1.21 bits per heavy atom. The Balaban J connectivity index is 1.71. The lowest BCUT2D eigenvalue weighted by molar-refractivity contribution is 0.102. The minimum Gasteiger partial charge on any atom is -0.318 e. The maximum absolute atomic E-state index is 12.7. The van der Waals surface area contributed by atoms with Gasteiger partial charge in [-0.05, 0) is 13.0 Å². The number of rotatable bonds is 3. The molecule has 1 amide bonds. The fourth-order valence-electron chi connectivity index (χ4n) is 2.56. The highest BCUT2D eigenvalue weighted by atomic mass is 16.1. The lowest BCUT2D eigenvalue weighted by atomic mass is 10.1. The third kappa shape index (κ3) is 2.32. The number of nitrogens with zero attached hydrogens (tertiary/aromatic N) is 4. The third-order valence-corrected chi connectivity index (χ3v) is 3.76. The standard InChI is InChI=1S/C17H14N6O/c1-11-14(15(22-21-11)12-6-3-2-4-7-12)20-17(24)13-10-19-23-9-5-8-18-16(13)23/h2-10H,1H3,(H,20,24)(H,21,22). The Labute approximate surface area is 137 Å². The van der Waals surface area contributed by atoms with E-state index in [0.717, 1.165) is 11.3 Å². The van der Waals surface area contributed by atoms with Crippen LogP contribution in [0.5, 0.6) is 0 Å². The predicted molar refractivity (Wildman–Crippen MR) is 89.7 cm³/mol. The third-order valence-electron chi connectivity index (χ3n) is 3.76. The summed E-state index contributed by atoms with van der Waals surface area (Å²) in [4.78, 5) is 16.9. The summed E-state index contributed by atoms with van der Waals surface area (Å²) in [7, 11) is 0. The molecule has 0 bridgehead atoms. The molecule has 3 heterocycles. The summed E-state index contributed by atoms with van der Waals surface area (Å²) < 4.78 is 1.56. The Hall–Kier alpha value is -3.48. The Bertz CT molecular complexity index is 1020. The molecule has 3 aromatic heterocycles. The minimum atomic E-state index is -0.273. The van der Waals surface area contributed by atoms with Crippen molar-refractivity contribution in [3.8, 4) is 11.3 Å². The zero-order valence-electron chi connectivity index (χ0n) is 12.9. The first-order chi connectivity index (χ1) is 11.7. The molecule has 118 valence electrons. The van der Waals surface area contributed by atoms with Gasteiger partial charge in [-0.15, -0.1) is 0 Å². The lowest BCUT2D eigenvalue weighted by Crippen LogP contribution is -2.13. The Morgan fingerprint density at radius 3 is 2.88 bits per heavy atom. The number of fused-ring (bicyclic) bond motifs is 1. The Kier molecular flexibility index (Phi) is 3.31. The second-order valence-electron chi connectivity index (χ2n) is 5.34. The maximum atomic E-state index is 12.7. The second kappa shape index (κ2) is 5.62. The van der Waals surface area contributed by atoms with E-state index in [1.807, 2.05) is 37.3 Å². The molecule has 0 aliphatic carbocycles. The lowest BCUT2D eigenvalue weighted by Gasteiger charge is -2.06. The van der Waals surface area contributed by atoms with Crippen LogP contribution >= 0.6 is 0 Å². The van der Waals surface area contributed by atoms with Crippen molar-refractivity contribution < 1.29 is 4.79 Å². The molecule has 0 saturated heterocycles. The molecule has 4 aromatic rings. The van der Waals surface area contributed by atoms with Gasteiger partial charge < -0.3 is 5.32 Å². The van der Waals surface area contributed by atoms with Crippen LogP contribution in [0.4, 0.5) is 5.69 Å². The summed E-state index contributed by atoms with van der Waals surface area (Å²) in [5, 5.41) is 14.3. The van der Waals surface area contributed by atoms with Gasteiger partial charge in [-0.3, -0.25) is 9.89 Å². The molecule has 0 aliphatic rings. The van der Waals surface area contributed by atoms with Crippen molar-refractivity contribution in [1.29, 1.82) is 0 Å². The number of nitrogens with one attached hydrogen (secondary N) is 2. The van der Waals surface area contributed by atoms with E-state index in [1.165, 1.54) is 6.20 Å². The highest BCUT2D eigenvalue weighted by molar-refractivity contribution is 6.09. The van der Waals surface area contributed by atoms with Gasteiger partial charge >= 0.3 is 0 Å². The van der Waals surface area contributed by atoms with Crippen LogP contribution in [0.25, 0.3) is 16.9 Å². The fraction of sp³-hybridized carbons (Fsp3) is 0.0588. The van der Waals surface area contributed by atoms with Crippen molar-refractivity contribution in [2.45, 2.75) is 6.92 Å². The van der Waals surface area contributed by atoms with Crippen LogP contribution in [0.2, 0.25) is 0 Å². The van der Waals surface area contributed by atoms with Gasteiger partial charge in [0, 0.05) is 18.0 Å². The van der Waals surface area contributed by atoms with Crippen LogP contribution in [-0.2, 0) is 0 Å². The monoisotopic (exact) mass is 318 g/mol. The molecule has 0 saturated carbocycles. The molecule has 4 rings (SSSR count). The number of aromatic nitrogens is 5. The molecule has 0 unspecified atom stereocenters. The van der Waals surface area contributed by atoms with E-state index in [-0.39, 0.29) is 5.91 Å². The van der Waals surface area contributed by atoms with Crippen molar-refractivity contribution >= 4 is 17.2 Å². The molecule has 0 spiro atoms. The van der Waals surface area contributed by atoms with Crippen LogP contribution < -0.4 is 5.32 Å². The number of hydrogen-bond donors (Lipinski definition) is 2. The molecule has 24 heavy (non-hydrogen) atoms. The average Bonchev–Trinajstić information content (AvgIpc) is 3.20. The van der Waals surface area contributed by atoms with Gasteiger partial charge in [-0.2, -0.15) is 10.2 Å². The summed E-state index contributed by atoms with van der Waals surface area (Å²) in [6, 6.07) is 11.5. The molecule has 0 aliphatic heterocycles. The van der Waals surface area contributed by atoms with Crippen molar-refractivity contribution in [2.75, 3.05) is 5.32 Å². The first-order valence-electron chi connectivity index (χ1n) is 7.44. The number of benzene rings is 1. The molecule has 0 radical (unpaired) electrons. The minimum absolute atomic E-state index is 0.273. The number of carbonyl (C=O) groups is 1. The van der Waals surface area contributed by atoms with Crippen molar-refractivity contribution in [1.82, 2.24) is 24.8 Å². The highest BCUT2D eigenvalue weighted by Crippen LogP contribution is 2.28. The summed E-state index contributed by atoms with van der Waals surface area (Å²) in [6.45, 7) is 1.86. The first kappa shape index (κ1) is 14.1.